The Kier molecular flexibility index (Phi) is 5.91. The van der Waals surface area contributed by atoms with E-state index in [9.17, 15) is 9.59 Å². The Morgan fingerprint density at radius 1 is 1.28 bits per heavy atom. The molecule has 6 nitrogen and oxygen atoms in total. The molecule has 1 aromatic rings. The van der Waals surface area contributed by atoms with E-state index in [0.717, 1.165) is 50.9 Å². The van der Waals surface area contributed by atoms with E-state index in [0.29, 0.717) is 18.7 Å². The zero-order chi connectivity index (χ0) is 17.6. The molecule has 2 aliphatic heterocycles. The van der Waals surface area contributed by atoms with E-state index in [-0.39, 0.29) is 18.0 Å². The first-order valence-electron chi connectivity index (χ1n) is 9.12. The maximum absolute atomic E-state index is 12.5. The minimum atomic E-state index is -0.119. The Labute approximate surface area is 149 Å². The van der Waals surface area contributed by atoms with Gasteiger partial charge in [0.1, 0.15) is 0 Å². The molecule has 0 aromatic heterocycles. The molecule has 1 atom stereocenters. The number of hydrogen-bond donors (Lipinski definition) is 1. The van der Waals surface area contributed by atoms with E-state index in [4.69, 9.17) is 4.74 Å². The van der Waals surface area contributed by atoms with Crippen molar-refractivity contribution in [3.8, 4) is 0 Å². The molecule has 25 heavy (non-hydrogen) atoms. The van der Waals surface area contributed by atoms with E-state index in [1.165, 1.54) is 0 Å². The van der Waals surface area contributed by atoms with Gasteiger partial charge in [0.2, 0.25) is 0 Å². The molecular weight excluding hydrogens is 318 g/mol. The third-order valence-electron chi connectivity index (χ3n) is 4.86. The van der Waals surface area contributed by atoms with Crippen LogP contribution in [0, 0.1) is 0 Å². The lowest BCUT2D eigenvalue weighted by Gasteiger charge is -2.21. The number of likely N-dealkylation sites (N-methyl/N-ethyl adjacent to an activating group) is 1. The molecule has 1 N–H and O–H groups in total. The molecule has 6 heteroatoms. The van der Waals surface area contributed by atoms with Gasteiger partial charge in [0, 0.05) is 45.4 Å². The highest BCUT2D eigenvalue weighted by Gasteiger charge is 2.21. The summed E-state index contributed by atoms with van der Waals surface area (Å²) in [4.78, 5) is 28.2. The smallest absolute Gasteiger partial charge is 0.317 e. The zero-order valence-electron chi connectivity index (χ0n) is 14.9. The highest BCUT2D eigenvalue weighted by Crippen LogP contribution is 2.15. The Bertz CT molecular complexity index is 608. The number of amides is 3. The van der Waals surface area contributed by atoms with Crippen molar-refractivity contribution < 1.29 is 14.3 Å². The minimum absolute atomic E-state index is 0.0844. The van der Waals surface area contributed by atoms with Crippen molar-refractivity contribution >= 4 is 11.9 Å². The zero-order valence-corrected chi connectivity index (χ0v) is 14.9. The summed E-state index contributed by atoms with van der Waals surface area (Å²) in [7, 11) is 1.78. The van der Waals surface area contributed by atoms with Crippen LogP contribution in [0.1, 0.15) is 41.6 Å². The topological polar surface area (TPSA) is 61.9 Å². The summed E-state index contributed by atoms with van der Waals surface area (Å²) in [6, 6.07) is 7.41. The molecule has 2 fully saturated rings. The van der Waals surface area contributed by atoms with Gasteiger partial charge in [-0.2, -0.15) is 0 Å². The number of urea groups is 1. The normalized spacial score (nSPS) is 19.9. The fourth-order valence-electron chi connectivity index (χ4n) is 3.41. The number of likely N-dealkylation sites (tertiary alicyclic amines) is 1. The Morgan fingerprint density at radius 3 is 2.80 bits per heavy atom. The molecule has 3 amide bonds. The van der Waals surface area contributed by atoms with Gasteiger partial charge in [0.25, 0.3) is 5.91 Å². The molecule has 0 bridgehead atoms. The molecule has 2 saturated heterocycles. The van der Waals surface area contributed by atoms with E-state index >= 15 is 0 Å². The summed E-state index contributed by atoms with van der Waals surface area (Å²) < 4.78 is 5.56. The summed E-state index contributed by atoms with van der Waals surface area (Å²) in [5.41, 5.74) is 1.63. The molecule has 3 rings (SSSR count). The lowest BCUT2D eigenvalue weighted by Crippen LogP contribution is -2.40. The molecule has 2 aliphatic rings. The number of carbonyl (C=O) groups is 2. The fraction of sp³-hybridized carbons (Fsp3) is 0.579. The van der Waals surface area contributed by atoms with Crippen molar-refractivity contribution in [1.29, 1.82) is 0 Å². The molecule has 0 radical (unpaired) electrons. The van der Waals surface area contributed by atoms with Gasteiger partial charge in [0.15, 0.2) is 0 Å². The number of hydrogen-bond acceptors (Lipinski definition) is 3. The molecule has 136 valence electrons. The van der Waals surface area contributed by atoms with Crippen LogP contribution in [0.25, 0.3) is 0 Å². The van der Waals surface area contributed by atoms with Crippen LogP contribution in [0.5, 0.6) is 0 Å². The molecule has 0 spiro atoms. The second-order valence-electron chi connectivity index (χ2n) is 6.87. The molecule has 0 unspecified atom stereocenters. The number of nitrogens with zero attached hydrogens (tertiary/aromatic N) is 2. The van der Waals surface area contributed by atoms with Gasteiger partial charge >= 0.3 is 6.03 Å². The number of benzene rings is 1. The van der Waals surface area contributed by atoms with Crippen LogP contribution < -0.4 is 5.32 Å². The first-order valence-corrected chi connectivity index (χ1v) is 9.12. The van der Waals surface area contributed by atoms with Crippen molar-refractivity contribution in [1.82, 2.24) is 15.1 Å². The first kappa shape index (κ1) is 17.7. The van der Waals surface area contributed by atoms with Crippen LogP contribution in [-0.2, 0) is 11.3 Å². The molecule has 0 saturated carbocycles. The largest absolute Gasteiger partial charge is 0.376 e. The van der Waals surface area contributed by atoms with Crippen LogP contribution >= 0.6 is 0 Å². The van der Waals surface area contributed by atoms with Crippen LogP contribution in [0.4, 0.5) is 4.79 Å². The number of ether oxygens (including phenoxy) is 1. The predicted molar refractivity (Wildman–Crippen MR) is 95.4 cm³/mol. The standard InChI is InChI=1S/C19H27N3O3/c1-21(14-17-8-5-11-25-17)19(24)20-13-15-6-4-7-16(12-15)18(23)22-9-2-3-10-22/h4,6-7,12,17H,2-3,5,8-11,13-14H2,1H3,(H,20,24)/t17-/m1/s1. The number of nitrogens with one attached hydrogen (secondary N) is 1. The SMILES string of the molecule is CN(C[C@H]1CCCO1)C(=O)NCc1cccc(C(=O)N2CCCC2)c1. The first-order chi connectivity index (χ1) is 12.1. The minimum Gasteiger partial charge on any atom is -0.376 e. The molecular formula is C19H27N3O3. The van der Waals surface area contributed by atoms with E-state index in [1.54, 1.807) is 11.9 Å². The van der Waals surface area contributed by atoms with Gasteiger partial charge in [-0.15, -0.1) is 0 Å². The van der Waals surface area contributed by atoms with Gasteiger partial charge in [-0.1, -0.05) is 12.1 Å². The highest BCUT2D eigenvalue weighted by atomic mass is 16.5. The average Bonchev–Trinajstić information content (AvgIpc) is 3.33. The maximum Gasteiger partial charge on any atom is 0.317 e. The van der Waals surface area contributed by atoms with Gasteiger partial charge in [-0.3, -0.25) is 4.79 Å². The van der Waals surface area contributed by atoms with Crippen LogP contribution in [0.3, 0.4) is 0 Å². The lowest BCUT2D eigenvalue weighted by atomic mass is 10.1. The van der Waals surface area contributed by atoms with Crippen molar-refractivity contribution in [2.75, 3.05) is 33.3 Å². The van der Waals surface area contributed by atoms with Crippen molar-refractivity contribution in [3.05, 3.63) is 35.4 Å². The third kappa shape index (κ3) is 4.72. The van der Waals surface area contributed by atoms with Gasteiger partial charge in [-0.25, -0.2) is 4.79 Å². The second-order valence-corrected chi connectivity index (χ2v) is 6.87. The van der Waals surface area contributed by atoms with Crippen molar-refractivity contribution in [2.45, 2.75) is 38.3 Å². The highest BCUT2D eigenvalue weighted by molar-refractivity contribution is 5.94. The van der Waals surface area contributed by atoms with Gasteiger partial charge in [-0.05, 0) is 43.4 Å². The Balaban J connectivity index is 1.51. The Morgan fingerprint density at radius 2 is 2.08 bits per heavy atom. The second kappa shape index (κ2) is 8.34. The summed E-state index contributed by atoms with van der Waals surface area (Å²) in [5.74, 6) is 0.0844. The van der Waals surface area contributed by atoms with Crippen LogP contribution in [0.2, 0.25) is 0 Å². The number of rotatable bonds is 5. The average molecular weight is 345 g/mol. The lowest BCUT2D eigenvalue weighted by molar-refractivity contribution is 0.0792. The predicted octanol–water partition coefficient (Wildman–Crippen LogP) is 2.24. The van der Waals surface area contributed by atoms with Gasteiger partial charge in [0.05, 0.1) is 6.10 Å². The molecule has 1 aromatic carbocycles. The summed E-state index contributed by atoms with van der Waals surface area (Å²) in [6.45, 7) is 3.49. The van der Waals surface area contributed by atoms with Crippen molar-refractivity contribution in [2.24, 2.45) is 0 Å². The van der Waals surface area contributed by atoms with E-state index in [1.807, 2.05) is 29.2 Å². The maximum atomic E-state index is 12.5. The van der Waals surface area contributed by atoms with Crippen LogP contribution in [-0.4, -0.2) is 61.1 Å². The monoisotopic (exact) mass is 345 g/mol. The van der Waals surface area contributed by atoms with Crippen LogP contribution in [0.15, 0.2) is 24.3 Å². The summed E-state index contributed by atoms with van der Waals surface area (Å²) in [5, 5.41) is 2.91. The Hall–Kier alpha value is -2.08. The van der Waals surface area contributed by atoms with E-state index in [2.05, 4.69) is 5.32 Å². The molecule has 2 heterocycles. The van der Waals surface area contributed by atoms with E-state index < -0.39 is 0 Å². The summed E-state index contributed by atoms with van der Waals surface area (Å²) in [6.07, 6.45) is 4.39. The number of carbonyl (C=O) groups excluding carboxylic acids is 2. The van der Waals surface area contributed by atoms with Crippen molar-refractivity contribution in [3.63, 3.8) is 0 Å². The third-order valence-corrected chi connectivity index (χ3v) is 4.86. The fourth-order valence-corrected chi connectivity index (χ4v) is 3.41. The quantitative estimate of drug-likeness (QED) is 0.890. The molecule has 0 aliphatic carbocycles. The summed E-state index contributed by atoms with van der Waals surface area (Å²) >= 11 is 0. The van der Waals surface area contributed by atoms with Gasteiger partial charge < -0.3 is 19.9 Å².